The maximum absolute atomic E-state index is 12.5. The summed E-state index contributed by atoms with van der Waals surface area (Å²) < 4.78 is 1.85. The van der Waals surface area contributed by atoms with Crippen LogP contribution in [0.4, 0.5) is 0 Å². The van der Waals surface area contributed by atoms with E-state index < -0.39 is 0 Å². The van der Waals surface area contributed by atoms with Gasteiger partial charge in [-0.1, -0.05) is 42.5 Å². The highest BCUT2D eigenvalue weighted by atomic mass is 16.1. The molecule has 4 rings (SSSR count). The van der Waals surface area contributed by atoms with Crippen LogP contribution >= 0.6 is 0 Å². The molecular weight excluding hydrogens is 348 g/mol. The summed E-state index contributed by atoms with van der Waals surface area (Å²) in [5.74, 6) is 0.594. The van der Waals surface area contributed by atoms with E-state index >= 15 is 0 Å². The van der Waals surface area contributed by atoms with E-state index in [0.717, 1.165) is 25.2 Å². The first kappa shape index (κ1) is 18.4. The molecule has 2 aromatic carbocycles. The first-order valence-electron chi connectivity index (χ1n) is 9.90. The van der Waals surface area contributed by atoms with Crippen molar-refractivity contribution in [2.45, 2.75) is 18.9 Å². The molecule has 0 saturated carbocycles. The molecule has 144 valence electrons. The summed E-state index contributed by atoms with van der Waals surface area (Å²) in [6.45, 7) is 4.39. The number of nitrogens with one attached hydrogen (secondary N) is 1. The largest absolute Gasteiger partial charge is 0.351 e. The lowest BCUT2D eigenvalue weighted by Gasteiger charge is -2.16. The molecule has 0 radical (unpaired) electrons. The number of carbonyl (C=O) groups is 1. The summed E-state index contributed by atoms with van der Waals surface area (Å²) >= 11 is 0. The molecule has 5 heteroatoms. The zero-order valence-electron chi connectivity index (χ0n) is 16.0. The summed E-state index contributed by atoms with van der Waals surface area (Å²) in [6, 6.07) is 20.4. The third-order valence-corrected chi connectivity index (χ3v) is 5.35. The molecule has 1 aromatic heterocycles. The Morgan fingerprint density at radius 2 is 2.00 bits per heavy atom. The highest BCUT2D eigenvalue weighted by molar-refractivity contribution is 5.94. The van der Waals surface area contributed by atoms with Crippen LogP contribution in [-0.2, 0) is 6.54 Å². The quantitative estimate of drug-likeness (QED) is 0.691. The predicted molar refractivity (Wildman–Crippen MR) is 110 cm³/mol. The summed E-state index contributed by atoms with van der Waals surface area (Å²) in [7, 11) is 0. The van der Waals surface area contributed by atoms with Crippen molar-refractivity contribution >= 4 is 5.91 Å². The van der Waals surface area contributed by atoms with Crippen molar-refractivity contribution in [2.24, 2.45) is 0 Å². The Morgan fingerprint density at radius 1 is 1.11 bits per heavy atom. The number of aromatic nitrogens is 2. The second-order valence-corrected chi connectivity index (χ2v) is 7.36. The normalized spacial score (nSPS) is 16.9. The minimum atomic E-state index is -0.0129. The fourth-order valence-corrected chi connectivity index (χ4v) is 3.85. The molecule has 1 aliphatic heterocycles. The summed E-state index contributed by atoms with van der Waals surface area (Å²) in [5.41, 5.74) is 3.19. The fraction of sp³-hybridized carbons (Fsp3) is 0.304. The Kier molecular flexibility index (Phi) is 5.83. The van der Waals surface area contributed by atoms with Gasteiger partial charge in [0, 0.05) is 37.6 Å². The number of likely N-dealkylation sites (tertiary alicyclic amines) is 1. The smallest absolute Gasteiger partial charge is 0.251 e. The topological polar surface area (TPSA) is 50.2 Å². The highest BCUT2D eigenvalue weighted by Crippen LogP contribution is 2.26. The van der Waals surface area contributed by atoms with Gasteiger partial charge >= 0.3 is 0 Å². The van der Waals surface area contributed by atoms with Gasteiger partial charge in [-0.05, 0) is 48.2 Å². The first-order valence-corrected chi connectivity index (χ1v) is 9.90. The van der Waals surface area contributed by atoms with Gasteiger partial charge in [-0.2, -0.15) is 5.10 Å². The van der Waals surface area contributed by atoms with Gasteiger partial charge in [0.05, 0.1) is 6.54 Å². The van der Waals surface area contributed by atoms with Crippen molar-refractivity contribution < 1.29 is 4.79 Å². The van der Waals surface area contributed by atoms with Crippen LogP contribution in [0.25, 0.3) is 0 Å². The molecule has 0 bridgehead atoms. The number of amides is 1. The third kappa shape index (κ3) is 4.67. The zero-order chi connectivity index (χ0) is 19.2. The molecule has 0 spiro atoms. The van der Waals surface area contributed by atoms with E-state index in [2.05, 4.69) is 45.6 Å². The van der Waals surface area contributed by atoms with Crippen LogP contribution in [0.5, 0.6) is 0 Å². The predicted octanol–water partition coefficient (Wildman–Crippen LogP) is 3.15. The van der Waals surface area contributed by atoms with Crippen molar-refractivity contribution in [2.75, 3.05) is 26.2 Å². The Balaban J connectivity index is 1.25. The number of nitrogens with zero attached hydrogens (tertiary/aromatic N) is 3. The molecule has 1 amide bonds. The van der Waals surface area contributed by atoms with E-state index in [4.69, 9.17) is 0 Å². The second-order valence-electron chi connectivity index (χ2n) is 7.36. The van der Waals surface area contributed by atoms with E-state index in [1.54, 1.807) is 6.20 Å². The molecule has 1 saturated heterocycles. The third-order valence-electron chi connectivity index (χ3n) is 5.35. The van der Waals surface area contributed by atoms with Crippen molar-refractivity contribution in [1.29, 1.82) is 0 Å². The second kappa shape index (κ2) is 8.85. The maximum atomic E-state index is 12.5. The van der Waals surface area contributed by atoms with Crippen LogP contribution in [0.15, 0.2) is 73.1 Å². The van der Waals surface area contributed by atoms with Crippen molar-refractivity contribution in [3.8, 4) is 0 Å². The lowest BCUT2D eigenvalue weighted by molar-refractivity contribution is 0.0949. The molecule has 0 unspecified atom stereocenters. The van der Waals surface area contributed by atoms with E-state index in [1.807, 2.05) is 41.2 Å². The lowest BCUT2D eigenvalue weighted by atomic mass is 9.99. The number of carbonyl (C=O) groups excluding carboxylic acids is 1. The molecule has 2 heterocycles. The van der Waals surface area contributed by atoms with Gasteiger partial charge in [-0.15, -0.1) is 0 Å². The minimum Gasteiger partial charge on any atom is -0.351 e. The Hall–Kier alpha value is -2.92. The monoisotopic (exact) mass is 374 g/mol. The maximum Gasteiger partial charge on any atom is 0.251 e. The summed E-state index contributed by atoms with van der Waals surface area (Å²) in [4.78, 5) is 14.9. The van der Waals surface area contributed by atoms with Gasteiger partial charge < -0.3 is 10.2 Å². The Morgan fingerprint density at radius 3 is 2.82 bits per heavy atom. The van der Waals surface area contributed by atoms with Gasteiger partial charge in [0.2, 0.25) is 0 Å². The SMILES string of the molecule is O=C(NCCN1CC[C@@H](c2ccccc2)C1)c1cccc(Cn2cccn2)c1. The van der Waals surface area contributed by atoms with Crippen molar-refractivity contribution in [1.82, 2.24) is 20.0 Å². The zero-order valence-corrected chi connectivity index (χ0v) is 16.0. The molecule has 3 aromatic rings. The summed E-state index contributed by atoms with van der Waals surface area (Å²) in [6.07, 6.45) is 4.87. The Bertz CT molecular complexity index is 892. The number of hydrogen-bond donors (Lipinski definition) is 1. The van der Waals surface area contributed by atoms with E-state index in [0.29, 0.717) is 24.6 Å². The van der Waals surface area contributed by atoms with Crippen molar-refractivity contribution in [3.63, 3.8) is 0 Å². The fourth-order valence-electron chi connectivity index (χ4n) is 3.85. The van der Waals surface area contributed by atoms with Crippen LogP contribution in [0.1, 0.15) is 33.8 Å². The van der Waals surface area contributed by atoms with Crippen LogP contribution in [0, 0.1) is 0 Å². The van der Waals surface area contributed by atoms with Crippen LogP contribution in [-0.4, -0.2) is 46.8 Å². The highest BCUT2D eigenvalue weighted by Gasteiger charge is 2.23. The average molecular weight is 374 g/mol. The van der Waals surface area contributed by atoms with E-state index in [-0.39, 0.29) is 5.91 Å². The molecule has 5 nitrogen and oxygen atoms in total. The summed E-state index contributed by atoms with van der Waals surface area (Å²) in [5, 5.41) is 7.28. The van der Waals surface area contributed by atoms with Gasteiger partial charge in [0.25, 0.3) is 5.91 Å². The number of hydrogen-bond acceptors (Lipinski definition) is 3. The first-order chi connectivity index (χ1) is 13.8. The molecule has 28 heavy (non-hydrogen) atoms. The van der Waals surface area contributed by atoms with Crippen molar-refractivity contribution in [3.05, 3.63) is 89.7 Å². The van der Waals surface area contributed by atoms with Gasteiger partial charge in [0.1, 0.15) is 0 Å². The van der Waals surface area contributed by atoms with E-state index in [9.17, 15) is 4.79 Å². The standard InChI is InChI=1S/C23H26N4O/c28-23(21-9-4-6-19(16-21)17-27-13-5-11-25-27)24-12-15-26-14-10-22(18-26)20-7-2-1-3-8-20/h1-9,11,13,16,22H,10,12,14-15,17-18H2,(H,24,28)/t22-/m1/s1. The molecular formula is C23H26N4O. The van der Waals surface area contributed by atoms with Crippen LogP contribution in [0.2, 0.25) is 0 Å². The molecule has 1 N–H and O–H groups in total. The van der Waals surface area contributed by atoms with Gasteiger partial charge in [0.15, 0.2) is 0 Å². The molecule has 0 aliphatic carbocycles. The van der Waals surface area contributed by atoms with Gasteiger partial charge in [-0.3, -0.25) is 9.48 Å². The average Bonchev–Trinajstić information content (AvgIpc) is 3.41. The van der Waals surface area contributed by atoms with Gasteiger partial charge in [-0.25, -0.2) is 0 Å². The Labute approximate surface area is 166 Å². The number of rotatable bonds is 7. The minimum absolute atomic E-state index is 0.0129. The molecule has 1 aliphatic rings. The van der Waals surface area contributed by atoms with Crippen LogP contribution in [0.3, 0.4) is 0 Å². The molecule has 1 fully saturated rings. The molecule has 1 atom stereocenters. The number of benzene rings is 2. The van der Waals surface area contributed by atoms with Crippen LogP contribution < -0.4 is 5.32 Å². The van der Waals surface area contributed by atoms with E-state index in [1.165, 1.54) is 12.0 Å². The lowest BCUT2D eigenvalue weighted by Crippen LogP contribution is -2.33.